The molecule has 9 heteroatoms. The number of anilines is 1. The smallest absolute Gasteiger partial charge is 0.354 e. The number of carbonyl (C=O) groups is 2. The number of halogens is 3. The van der Waals surface area contributed by atoms with E-state index in [2.05, 4.69) is 4.98 Å². The second-order valence-electron chi connectivity index (χ2n) is 6.99. The Balaban J connectivity index is 1.79. The molecule has 4 heterocycles. The van der Waals surface area contributed by atoms with Crippen molar-refractivity contribution in [2.45, 2.75) is 25.1 Å². The first kappa shape index (κ1) is 18.5. The molecule has 3 fully saturated rings. The van der Waals surface area contributed by atoms with Crippen LogP contribution in [0, 0.1) is 5.92 Å². The molecule has 0 aromatic carbocycles. The monoisotopic (exact) mass is 370 g/mol. The predicted octanol–water partition coefficient (Wildman–Crippen LogP) is 1.62. The van der Waals surface area contributed by atoms with Crippen molar-refractivity contribution in [2.24, 2.45) is 5.92 Å². The van der Waals surface area contributed by atoms with Crippen molar-refractivity contribution >= 4 is 17.6 Å². The van der Waals surface area contributed by atoms with Crippen LogP contribution < -0.4 is 4.90 Å². The molecule has 0 radical (unpaired) electrons. The Kier molecular flexibility index (Phi) is 4.81. The van der Waals surface area contributed by atoms with Gasteiger partial charge in [0.2, 0.25) is 11.8 Å². The first-order chi connectivity index (χ1) is 12.2. The van der Waals surface area contributed by atoms with Crippen molar-refractivity contribution in [3.8, 4) is 0 Å². The summed E-state index contributed by atoms with van der Waals surface area (Å²) >= 11 is 0. The minimum absolute atomic E-state index is 0.0290. The molecule has 4 rings (SSSR count). The SMILES string of the molecule is CN(C)C(=O)CN1C(=O)[C@H]2CC[C@@H]1CN(c1ccc(C(F)(F)F)cn1)C2. The molecule has 1 aromatic heterocycles. The molecule has 6 nitrogen and oxygen atoms in total. The van der Waals surface area contributed by atoms with E-state index in [1.165, 1.54) is 11.0 Å². The lowest BCUT2D eigenvalue weighted by atomic mass is 9.94. The van der Waals surface area contributed by atoms with Crippen molar-refractivity contribution in [1.29, 1.82) is 0 Å². The van der Waals surface area contributed by atoms with Gasteiger partial charge in [0.05, 0.1) is 11.5 Å². The topological polar surface area (TPSA) is 56.8 Å². The van der Waals surface area contributed by atoms with E-state index in [1.54, 1.807) is 19.0 Å². The number of likely N-dealkylation sites (N-methyl/N-ethyl adjacent to an activating group) is 1. The number of pyridine rings is 1. The number of alkyl halides is 3. The van der Waals surface area contributed by atoms with E-state index in [4.69, 9.17) is 0 Å². The second kappa shape index (κ2) is 6.77. The number of fused-ring (bicyclic) bond motifs is 4. The first-order valence-corrected chi connectivity index (χ1v) is 8.45. The molecule has 2 atom stereocenters. The van der Waals surface area contributed by atoms with E-state index < -0.39 is 11.7 Å². The Morgan fingerprint density at radius 2 is 2.00 bits per heavy atom. The van der Waals surface area contributed by atoms with Gasteiger partial charge >= 0.3 is 6.18 Å². The van der Waals surface area contributed by atoms with Crippen molar-refractivity contribution < 1.29 is 22.8 Å². The van der Waals surface area contributed by atoms with Crippen LogP contribution >= 0.6 is 0 Å². The highest BCUT2D eigenvalue weighted by Gasteiger charge is 2.42. The summed E-state index contributed by atoms with van der Waals surface area (Å²) in [5, 5.41) is 0. The molecule has 0 unspecified atom stereocenters. The standard InChI is InChI=1S/C17H21F3N4O2/c1-22(2)15(25)10-24-13-5-3-11(16(24)26)8-23(9-13)14-6-4-12(7-21-14)17(18,19)20/h4,6-7,11,13H,3,5,8-10H2,1-2H3/t11-,13+/m0/s1. The zero-order chi connectivity index (χ0) is 19.1. The molecule has 0 saturated carbocycles. The Morgan fingerprint density at radius 1 is 1.27 bits per heavy atom. The Labute approximate surface area is 149 Å². The Hall–Kier alpha value is -2.32. The van der Waals surface area contributed by atoms with Gasteiger partial charge in [-0.1, -0.05) is 0 Å². The van der Waals surface area contributed by atoms with Crippen LogP contribution in [0.4, 0.5) is 19.0 Å². The van der Waals surface area contributed by atoms with E-state index in [0.29, 0.717) is 25.3 Å². The van der Waals surface area contributed by atoms with Gasteiger partial charge in [-0.2, -0.15) is 13.2 Å². The van der Waals surface area contributed by atoms with Crippen molar-refractivity contribution in [3.05, 3.63) is 23.9 Å². The summed E-state index contributed by atoms with van der Waals surface area (Å²) in [6.45, 7) is 0.892. The molecule has 0 N–H and O–H groups in total. The van der Waals surface area contributed by atoms with Gasteiger partial charge in [-0.05, 0) is 25.0 Å². The fourth-order valence-corrected chi connectivity index (χ4v) is 3.46. The van der Waals surface area contributed by atoms with Gasteiger partial charge in [0.15, 0.2) is 0 Å². The van der Waals surface area contributed by atoms with Crippen LogP contribution in [0.25, 0.3) is 0 Å². The van der Waals surface area contributed by atoms with E-state index in [0.717, 1.165) is 18.7 Å². The Bertz CT molecular complexity index is 690. The van der Waals surface area contributed by atoms with Crippen LogP contribution in [0.5, 0.6) is 0 Å². The Morgan fingerprint density at radius 3 is 2.58 bits per heavy atom. The van der Waals surface area contributed by atoms with Crippen LogP contribution in [0.3, 0.4) is 0 Å². The molecule has 3 aliphatic rings. The maximum Gasteiger partial charge on any atom is 0.417 e. The average Bonchev–Trinajstić information content (AvgIpc) is 2.87. The minimum atomic E-state index is -4.43. The molecule has 3 aliphatic heterocycles. The summed E-state index contributed by atoms with van der Waals surface area (Å²) in [6, 6.07) is 2.20. The second-order valence-corrected chi connectivity index (χ2v) is 6.99. The van der Waals surface area contributed by atoms with Gasteiger partial charge in [0.25, 0.3) is 0 Å². The number of hydrogen-bond donors (Lipinski definition) is 0. The summed E-state index contributed by atoms with van der Waals surface area (Å²) in [5.41, 5.74) is -0.798. The van der Waals surface area contributed by atoms with E-state index in [9.17, 15) is 22.8 Å². The molecule has 26 heavy (non-hydrogen) atoms. The highest BCUT2D eigenvalue weighted by atomic mass is 19.4. The third kappa shape index (κ3) is 3.61. The molecular formula is C17H21F3N4O2. The highest BCUT2D eigenvalue weighted by Crippen LogP contribution is 2.33. The fourth-order valence-electron chi connectivity index (χ4n) is 3.46. The molecular weight excluding hydrogens is 349 g/mol. The van der Waals surface area contributed by atoms with Crippen LogP contribution in [-0.2, 0) is 15.8 Å². The summed E-state index contributed by atoms with van der Waals surface area (Å²) < 4.78 is 38.1. The summed E-state index contributed by atoms with van der Waals surface area (Å²) in [5.74, 6) is -0.0627. The lowest BCUT2D eigenvalue weighted by Gasteiger charge is -2.35. The number of amides is 2. The summed E-state index contributed by atoms with van der Waals surface area (Å²) in [6.07, 6.45) is -2.12. The van der Waals surface area contributed by atoms with E-state index in [-0.39, 0.29) is 30.3 Å². The molecule has 2 amide bonds. The van der Waals surface area contributed by atoms with Gasteiger partial charge in [0.1, 0.15) is 12.4 Å². The molecule has 2 bridgehead atoms. The van der Waals surface area contributed by atoms with E-state index in [1.807, 2.05) is 4.90 Å². The minimum Gasteiger partial charge on any atom is -0.354 e. The van der Waals surface area contributed by atoms with Crippen molar-refractivity contribution in [3.63, 3.8) is 0 Å². The number of carbonyl (C=O) groups excluding carboxylic acids is 2. The van der Waals surface area contributed by atoms with Gasteiger partial charge in [0, 0.05) is 39.4 Å². The van der Waals surface area contributed by atoms with Gasteiger partial charge < -0.3 is 14.7 Å². The van der Waals surface area contributed by atoms with Gasteiger partial charge in [-0.3, -0.25) is 9.59 Å². The van der Waals surface area contributed by atoms with Gasteiger partial charge in [-0.25, -0.2) is 4.98 Å². The molecule has 1 aromatic rings. The number of nitrogens with zero attached hydrogens (tertiary/aromatic N) is 4. The van der Waals surface area contributed by atoms with Crippen molar-refractivity contribution in [2.75, 3.05) is 38.6 Å². The molecule has 142 valence electrons. The largest absolute Gasteiger partial charge is 0.417 e. The lowest BCUT2D eigenvalue weighted by molar-refractivity contribution is -0.145. The maximum atomic E-state index is 12.7. The van der Waals surface area contributed by atoms with Crippen LogP contribution in [-0.4, -0.2) is 66.4 Å². The van der Waals surface area contributed by atoms with Crippen LogP contribution in [0.1, 0.15) is 18.4 Å². The zero-order valence-electron chi connectivity index (χ0n) is 14.7. The molecule has 0 aliphatic carbocycles. The quantitative estimate of drug-likeness (QED) is 0.811. The normalized spacial score (nSPS) is 23.2. The van der Waals surface area contributed by atoms with E-state index >= 15 is 0 Å². The zero-order valence-corrected chi connectivity index (χ0v) is 14.7. The summed E-state index contributed by atoms with van der Waals surface area (Å²) in [4.78, 5) is 33.6. The third-order valence-electron chi connectivity index (χ3n) is 5.00. The van der Waals surface area contributed by atoms with Crippen LogP contribution in [0.2, 0.25) is 0 Å². The molecule has 0 spiro atoms. The third-order valence-corrected chi connectivity index (χ3v) is 5.00. The number of rotatable bonds is 3. The number of aromatic nitrogens is 1. The number of hydrogen-bond acceptors (Lipinski definition) is 4. The summed E-state index contributed by atoms with van der Waals surface area (Å²) in [7, 11) is 3.28. The fraction of sp³-hybridized carbons (Fsp3) is 0.588. The molecule has 3 saturated heterocycles. The first-order valence-electron chi connectivity index (χ1n) is 8.45. The predicted molar refractivity (Wildman–Crippen MR) is 88.4 cm³/mol. The lowest BCUT2D eigenvalue weighted by Crippen LogP contribution is -2.51. The van der Waals surface area contributed by atoms with Gasteiger partial charge in [-0.15, -0.1) is 0 Å². The maximum absolute atomic E-state index is 12.7. The van der Waals surface area contributed by atoms with Crippen LogP contribution in [0.15, 0.2) is 18.3 Å². The number of piperidine rings is 1. The highest BCUT2D eigenvalue weighted by molar-refractivity contribution is 5.87. The average molecular weight is 370 g/mol. The van der Waals surface area contributed by atoms with Crippen molar-refractivity contribution in [1.82, 2.24) is 14.8 Å².